The van der Waals surface area contributed by atoms with E-state index in [0.29, 0.717) is 22.5 Å². The molecule has 0 bridgehead atoms. The molecule has 0 spiro atoms. The number of primary amides is 1. The van der Waals surface area contributed by atoms with E-state index in [1.54, 1.807) is 36.4 Å². The third-order valence-electron chi connectivity index (χ3n) is 6.41. The van der Waals surface area contributed by atoms with Crippen LogP contribution in [0, 0.1) is 5.95 Å². The number of likely N-dealkylation sites (tertiary alicyclic amines) is 1. The molecule has 3 N–H and O–H groups in total. The van der Waals surface area contributed by atoms with Crippen LogP contribution in [0.25, 0.3) is 11.4 Å². The molecule has 1 aliphatic rings. The lowest BCUT2D eigenvalue weighted by Crippen LogP contribution is -2.59. The normalized spacial score (nSPS) is 21.1. The summed E-state index contributed by atoms with van der Waals surface area (Å²) in [5.41, 5.74) is 5.50. The topological polar surface area (TPSA) is 118 Å². The Bertz CT molecular complexity index is 1200. The monoisotopic (exact) mass is 468 g/mol. The molecule has 1 fully saturated rings. The molecule has 2 aromatic heterocycles. The lowest BCUT2D eigenvalue weighted by molar-refractivity contribution is -0.142. The van der Waals surface area contributed by atoms with Crippen LogP contribution in [0.1, 0.15) is 55.8 Å². The molecule has 1 aliphatic heterocycles. The van der Waals surface area contributed by atoms with E-state index in [-0.39, 0.29) is 24.6 Å². The number of benzene rings is 1. The number of carbonyl (C=O) groups excluding carboxylic acids is 2. The van der Waals surface area contributed by atoms with Crippen LogP contribution in [-0.4, -0.2) is 55.1 Å². The minimum absolute atomic E-state index is 0.115. The number of pyridine rings is 1. The third kappa shape index (κ3) is 3.82. The summed E-state index contributed by atoms with van der Waals surface area (Å²) in [5.74, 6) is -3.09. The zero-order chi connectivity index (χ0) is 24.6. The van der Waals surface area contributed by atoms with E-state index in [1.807, 2.05) is 13.8 Å². The van der Waals surface area contributed by atoms with Gasteiger partial charge in [-0.25, -0.2) is 14.4 Å². The predicted molar refractivity (Wildman–Crippen MR) is 121 cm³/mol. The average Bonchev–Trinajstić information content (AvgIpc) is 3.43. The Morgan fingerprint density at radius 1 is 1.26 bits per heavy atom. The number of alkyl halides is 1. The number of amides is 2. The Balaban J connectivity index is 2.09. The van der Waals surface area contributed by atoms with Gasteiger partial charge in [0.15, 0.2) is 5.82 Å². The molecule has 1 aromatic carbocycles. The molecule has 178 valence electrons. The maximum absolute atomic E-state index is 15.3. The first-order valence-corrected chi connectivity index (χ1v) is 11.0. The van der Waals surface area contributed by atoms with Crippen LogP contribution < -0.4 is 5.73 Å². The van der Waals surface area contributed by atoms with E-state index in [9.17, 15) is 14.0 Å². The van der Waals surface area contributed by atoms with Crippen molar-refractivity contribution in [3.63, 3.8) is 0 Å². The molecule has 2 unspecified atom stereocenters. The van der Waals surface area contributed by atoms with Crippen molar-refractivity contribution in [3.8, 4) is 11.4 Å². The maximum Gasteiger partial charge on any atom is 0.244 e. The van der Waals surface area contributed by atoms with Gasteiger partial charge in [-0.05, 0) is 17.5 Å². The van der Waals surface area contributed by atoms with Gasteiger partial charge in [0.25, 0.3) is 0 Å². The SMILES string of the molecule is CC(=O)N1CC(F)C[C@@]1(C(N)=O)C(c1ccccc1)c1nc(F)c(C(C)C)cc1-c1ncn[nH]1. The second-order valence-corrected chi connectivity index (χ2v) is 8.85. The van der Waals surface area contributed by atoms with Gasteiger partial charge in [-0.3, -0.25) is 14.7 Å². The number of carbonyl (C=O) groups is 2. The van der Waals surface area contributed by atoms with Gasteiger partial charge in [0, 0.05) is 24.5 Å². The summed E-state index contributed by atoms with van der Waals surface area (Å²) in [6.45, 7) is 4.61. The molecule has 10 heteroatoms. The molecule has 0 saturated carbocycles. The predicted octanol–water partition coefficient (Wildman–Crippen LogP) is 3.08. The lowest BCUT2D eigenvalue weighted by Gasteiger charge is -2.41. The van der Waals surface area contributed by atoms with Crippen molar-refractivity contribution in [1.29, 1.82) is 0 Å². The quantitative estimate of drug-likeness (QED) is 0.539. The van der Waals surface area contributed by atoms with E-state index in [4.69, 9.17) is 5.73 Å². The van der Waals surface area contributed by atoms with Crippen molar-refractivity contribution in [1.82, 2.24) is 25.1 Å². The van der Waals surface area contributed by atoms with Crippen molar-refractivity contribution >= 4 is 11.8 Å². The number of aromatic amines is 1. The smallest absolute Gasteiger partial charge is 0.244 e. The maximum atomic E-state index is 15.3. The molecule has 4 rings (SSSR count). The standard InChI is InChI=1S/C24H26F2N6O2/c1-13(2)17-9-18(22-28-12-29-31-22)20(30-21(17)26)19(15-7-5-4-6-8-15)24(23(27)34)10-16(25)11-32(24)14(3)33/h4-9,12-13,16,19H,10-11H2,1-3H3,(H2,27,34)(H,28,29,31)/t16?,19?,24-/m0/s1. The minimum atomic E-state index is -1.81. The molecule has 3 heterocycles. The zero-order valence-corrected chi connectivity index (χ0v) is 19.1. The Kier molecular flexibility index (Phi) is 6.16. The van der Waals surface area contributed by atoms with Crippen molar-refractivity contribution in [2.24, 2.45) is 5.73 Å². The van der Waals surface area contributed by atoms with Crippen LogP contribution in [0.4, 0.5) is 8.78 Å². The number of nitrogens with two attached hydrogens (primary N) is 1. The first-order chi connectivity index (χ1) is 16.2. The van der Waals surface area contributed by atoms with Gasteiger partial charge in [0.05, 0.1) is 18.2 Å². The van der Waals surface area contributed by atoms with Crippen molar-refractivity contribution < 1.29 is 18.4 Å². The summed E-state index contributed by atoms with van der Waals surface area (Å²) in [7, 11) is 0. The second kappa shape index (κ2) is 8.92. The zero-order valence-electron chi connectivity index (χ0n) is 19.1. The van der Waals surface area contributed by atoms with Crippen molar-refractivity contribution in [3.05, 3.63) is 65.5 Å². The molecule has 2 amide bonds. The highest BCUT2D eigenvalue weighted by Gasteiger charge is 2.58. The van der Waals surface area contributed by atoms with E-state index in [2.05, 4.69) is 20.2 Å². The lowest BCUT2D eigenvalue weighted by atomic mass is 9.73. The van der Waals surface area contributed by atoms with Gasteiger partial charge in [-0.1, -0.05) is 44.2 Å². The van der Waals surface area contributed by atoms with E-state index < -0.39 is 35.4 Å². The van der Waals surface area contributed by atoms with Crippen LogP contribution in [0.3, 0.4) is 0 Å². The Morgan fingerprint density at radius 3 is 2.53 bits per heavy atom. The highest BCUT2D eigenvalue weighted by atomic mass is 19.1. The molecule has 1 saturated heterocycles. The summed E-state index contributed by atoms with van der Waals surface area (Å²) in [6.07, 6.45) is -0.531. The van der Waals surface area contributed by atoms with Crippen LogP contribution in [0.15, 0.2) is 42.7 Å². The van der Waals surface area contributed by atoms with Crippen LogP contribution >= 0.6 is 0 Å². The first-order valence-electron chi connectivity index (χ1n) is 11.0. The minimum Gasteiger partial charge on any atom is -0.368 e. The van der Waals surface area contributed by atoms with E-state index in [1.165, 1.54) is 13.3 Å². The van der Waals surface area contributed by atoms with Gasteiger partial charge < -0.3 is 10.6 Å². The molecule has 3 atom stereocenters. The fraction of sp³-hybridized carbons (Fsp3) is 0.375. The summed E-state index contributed by atoms with van der Waals surface area (Å²) in [6, 6.07) is 10.3. The Morgan fingerprint density at radius 2 is 1.97 bits per heavy atom. The van der Waals surface area contributed by atoms with Crippen LogP contribution in [0.5, 0.6) is 0 Å². The van der Waals surface area contributed by atoms with Crippen LogP contribution in [-0.2, 0) is 9.59 Å². The number of H-pyrrole nitrogens is 1. The molecule has 8 nitrogen and oxygen atoms in total. The van der Waals surface area contributed by atoms with E-state index >= 15 is 4.39 Å². The molecular weight excluding hydrogens is 442 g/mol. The molecule has 34 heavy (non-hydrogen) atoms. The van der Waals surface area contributed by atoms with Crippen molar-refractivity contribution in [2.45, 2.75) is 50.7 Å². The number of nitrogens with zero attached hydrogens (tertiary/aromatic N) is 4. The molecule has 3 aromatic rings. The summed E-state index contributed by atoms with van der Waals surface area (Å²) >= 11 is 0. The van der Waals surface area contributed by atoms with Gasteiger partial charge in [-0.2, -0.15) is 9.49 Å². The highest BCUT2D eigenvalue weighted by molar-refractivity contribution is 5.93. The summed E-state index contributed by atoms with van der Waals surface area (Å²) in [5, 5.41) is 6.67. The van der Waals surface area contributed by atoms with Crippen molar-refractivity contribution in [2.75, 3.05) is 6.54 Å². The molecular formula is C24H26F2N6O2. The number of aromatic nitrogens is 4. The number of halogens is 2. The van der Waals surface area contributed by atoms with Gasteiger partial charge in [0.2, 0.25) is 17.8 Å². The Hall–Kier alpha value is -3.69. The Labute approximate surface area is 195 Å². The average molecular weight is 469 g/mol. The second-order valence-electron chi connectivity index (χ2n) is 8.85. The van der Waals surface area contributed by atoms with Gasteiger partial charge in [0.1, 0.15) is 18.0 Å². The number of rotatable bonds is 6. The third-order valence-corrected chi connectivity index (χ3v) is 6.41. The van der Waals surface area contributed by atoms with Gasteiger partial charge >= 0.3 is 0 Å². The summed E-state index contributed by atoms with van der Waals surface area (Å²) < 4.78 is 30.2. The van der Waals surface area contributed by atoms with Crippen LogP contribution in [0.2, 0.25) is 0 Å². The van der Waals surface area contributed by atoms with E-state index in [0.717, 1.165) is 4.90 Å². The number of nitrogens with one attached hydrogen (secondary N) is 1. The number of hydrogen-bond donors (Lipinski definition) is 2. The number of hydrogen-bond acceptors (Lipinski definition) is 5. The molecule has 0 radical (unpaired) electrons. The summed E-state index contributed by atoms with van der Waals surface area (Å²) in [4.78, 5) is 35.4. The first kappa shape index (κ1) is 23.5. The fourth-order valence-corrected chi connectivity index (χ4v) is 4.91. The highest BCUT2D eigenvalue weighted by Crippen LogP contribution is 2.48. The molecule has 0 aliphatic carbocycles. The largest absolute Gasteiger partial charge is 0.368 e. The fourth-order valence-electron chi connectivity index (χ4n) is 4.91. The van der Waals surface area contributed by atoms with Gasteiger partial charge in [-0.15, -0.1) is 0 Å².